The van der Waals surface area contributed by atoms with E-state index in [1.807, 2.05) is 0 Å². The molecule has 0 aliphatic rings. The van der Waals surface area contributed by atoms with Crippen molar-refractivity contribution in [2.75, 3.05) is 0 Å². The summed E-state index contributed by atoms with van der Waals surface area (Å²) in [5.74, 6) is -0.198. The number of rotatable bonds is 3. The van der Waals surface area contributed by atoms with E-state index >= 15 is 0 Å². The molecule has 0 aliphatic carbocycles. The third-order valence-corrected chi connectivity index (χ3v) is 3.28. The quantitative estimate of drug-likeness (QED) is 0.718. The second-order valence-corrected chi connectivity index (χ2v) is 4.06. The fourth-order valence-electron chi connectivity index (χ4n) is 1.49. The van der Waals surface area contributed by atoms with Crippen molar-refractivity contribution in [2.24, 2.45) is 0 Å². The molecule has 1 aromatic heterocycles. The van der Waals surface area contributed by atoms with E-state index in [0.29, 0.717) is 5.69 Å². The van der Waals surface area contributed by atoms with Crippen molar-refractivity contribution in [1.29, 1.82) is 0 Å². The summed E-state index contributed by atoms with van der Waals surface area (Å²) in [7, 11) is 0. The van der Waals surface area contributed by atoms with Crippen LogP contribution in [-0.4, -0.2) is 4.98 Å². The fourth-order valence-corrected chi connectivity index (χ4v) is 1.49. The minimum Gasteiger partial charge on any atom is -0.258 e. The highest BCUT2D eigenvalue weighted by atomic mass is 19.1. The molecule has 1 rings (SSSR count). The van der Waals surface area contributed by atoms with Crippen LogP contribution in [0.2, 0.25) is 0 Å². The molecule has 1 nitrogen and oxygen atoms in total. The topological polar surface area (TPSA) is 12.9 Å². The highest BCUT2D eigenvalue weighted by molar-refractivity contribution is 5.23. The fraction of sp³-hybridized carbons (Fsp3) is 0.583. The number of aryl methyl sites for hydroxylation is 1. The predicted molar refractivity (Wildman–Crippen MR) is 56.9 cm³/mol. The molecule has 0 aliphatic heterocycles. The Hall–Kier alpha value is -0.920. The second-order valence-electron chi connectivity index (χ2n) is 4.06. The summed E-state index contributed by atoms with van der Waals surface area (Å²) in [6, 6.07) is 1.62. The first kappa shape index (κ1) is 11.2. The molecule has 2 heteroatoms. The van der Waals surface area contributed by atoms with Crippen molar-refractivity contribution in [3.05, 3.63) is 29.3 Å². The zero-order valence-corrected chi connectivity index (χ0v) is 9.39. The molecule has 0 radical (unpaired) electrons. The summed E-state index contributed by atoms with van der Waals surface area (Å²) in [4.78, 5) is 4.07. The van der Waals surface area contributed by atoms with E-state index in [4.69, 9.17) is 0 Å². The molecule has 0 aromatic carbocycles. The van der Waals surface area contributed by atoms with Crippen LogP contribution in [-0.2, 0) is 5.41 Å². The lowest BCUT2D eigenvalue weighted by molar-refractivity contribution is 0.433. The molecule has 14 heavy (non-hydrogen) atoms. The van der Waals surface area contributed by atoms with Gasteiger partial charge in [0.15, 0.2) is 0 Å². The van der Waals surface area contributed by atoms with Gasteiger partial charge in [0.25, 0.3) is 0 Å². The lowest BCUT2D eigenvalue weighted by atomic mass is 9.78. The summed E-state index contributed by atoms with van der Waals surface area (Å²) < 4.78 is 13.3. The monoisotopic (exact) mass is 195 g/mol. The number of hydrogen-bond donors (Lipinski definition) is 0. The predicted octanol–water partition coefficient (Wildman–Crippen LogP) is 3.61. The lowest BCUT2D eigenvalue weighted by Crippen LogP contribution is -2.20. The molecular weight excluding hydrogens is 177 g/mol. The molecule has 0 spiro atoms. The van der Waals surface area contributed by atoms with E-state index in [9.17, 15) is 4.39 Å². The van der Waals surface area contributed by atoms with Crippen LogP contribution in [0.4, 0.5) is 4.39 Å². The molecule has 0 N–H and O–H groups in total. The molecule has 0 saturated heterocycles. The molecule has 0 amide bonds. The van der Waals surface area contributed by atoms with Crippen molar-refractivity contribution in [1.82, 2.24) is 4.98 Å². The van der Waals surface area contributed by atoms with Crippen LogP contribution in [0.25, 0.3) is 0 Å². The maximum Gasteiger partial charge on any atom is 0.144 e. The first-order valence-electron chi connectivity index (χ1n) is 5.16. The Labute approximate surface area is 85.4 Å². The Morgan fingerprint density at radius 3 is 2.36 bits per heavy atom. The number of hydrogen-bond acceptors (Lipinski definition) is 1. The van der Waals surface area contributed by atoms with E-state index in [-0.39, 0.29) is 11.2 Å². The van der Waals surface area contributed by atoms with Crippen molar-refractivity contribution in [2.45, 2.75) is 46.0 Å². The maximum atomic E-state index is 13.3. The molecule has 0 fully saturated rings. The van der Waals surface area contributed by atoms with E-state index < -0.39 is 0 Å². The Morgan fingerprint density at radius 2 is 1.93 bits per heavy atom. The van der Waals surface area contributed by atoms with Crippen LogP contribution in [0.5, 0.6) is 0 Å². The smallest absolute Gasteiger partial charge is 0.144 e. The van der Waals surface area contributed by atoms with Gasteiger partial charge in [-0.05, 0) is 36.8 Å². The average molecular weight is 195 g/mol. The van der Waals surface area contributed by atoms with Crippen LogP contribution in [0.1, 0.15) is 44.9 Å². The Kier molecular flexibility index (Phi) is 3.25. The van der Waals surface area contributed by atoms with Gasteiger partial charge in [0.05, 0.1) is 5.69 Å². The molecule has 1 heterocycles. The van der Waals surface area contributed by atoms with Gasteiger partial charge in [0.2, 0.25) is 0 Å². The summed E-state index contributed by atoms with van der Waals surface area (Å²) >= 11 is 0. The minimum atomic E-state index is -0.198. The molecule has 0 unspecified atom stereocenters. The second kappa shape index (κ2) is 4.07. The van der Waals surface area contributed by atoms with Gasteiger partial charge in [-0.25, -0.2) is 4.39 Å². The summed E-state index contributed by atoms with van der Waals surface area (Å²) in [6.07, 6.45) is 3.81. The van der Waals surface area contributed by atoms with Crippen LogP contribution in [0.15, 0.2) is 12.3 Å². The van der Waals surface area contributed by atoms with Crippen LogP contribution in [0, 0.1) is 12.7 Å². The van der Waals surface area contributed by atoms with E-state index in [1.165, 1.54) is 0 Å². The zero-order valence-electron chi connectivity index (χ0n) is 9.39. The Bertz CT molecular complexity index is 316. The van der Waals surface area contributed by atoms with Crippen molar-refractivity contribution in [3.63, 3.8) is 0 Å². The van der Waals surface area contributed by atoms with Gasteiger partial charge in [0.1, 0.15) is 5.82 Å². The normalized spacial score (nSPS) is 11.8. The molecule has 1 aromatic rings. The van der Waals surface area contributed by atoms with E-state index in [0.717, 1.165) is 18.4 Å². The third kappa shape index (κ3) is 1.94. The zero-order chi connectivity index (χ0) is 10.8. The molecule has 0 bridgehead atoms. The number of pyridine rings is 1. The first-order chi connectivity index (χ1) is 6.53. The minimum absolute atomic E-state index is 0.0571. The highest BCUT2D eigenvalue weighted by Gasteiger charge is 2.23. The lowest BCUT2D eigenvalue weighted by Gasteiger charge is -2.27. The summed E-state index contributed by atoms with van der Waals surface area (Å²) in [6.45, 7) is 8.09. The Morgan fingerprint density at radius 1 is 1.36 bits per heavy atom. The van der Waals surface area contributed by atoms with Crippen molar-refractivity contribution >= 4 is 0 Å². The third-order valence-electron chi connectivity index (χ3n) is 3.28. The SMILES string of the molecule is CCC(C)(CC)c1cnc(C)c(F)c1. The maximum absolute atomic E-state index is 13.3. The van der Waals surface area contributed by atoms with Gasteiger partial charge >= 0.3 is 0 Å². The number of nitrogens with zero attached hydrogens (tertiary/aromatic N) is 1. The van der Waals surface area contributed by atoms with Gasteiger partial charge in [-0.15, -0.1) is 0 Å². The molecule has 0 atom stereocenters. The van der Waals surface area contributed by atoms with E-state index in [1.54, 1.807) is 19.2 Å². The van der Waals surface area contributed by atoms with Gasteiger partial charge in [0, 0.05) is 6.20 Å². The van der Waals surface area contributed by atoms with Crippen LogP contribution >= 0.6 is 0 Å². The van der Waals surface area contributed by atoms with Gasteiger partial charge in [-0.1, -0.05) is 20.8 Å². The Balaban J connectivity index is 3.12. The largest absolute Gasteiger partial charge is 0.258 e. The first-order valence-corrected chi connectivity index (χ1v) is 5.16. The summed E-state index contributed by atoms with van der Waals surface area (Å²) in [5, 5.41) is 0. The summed E-state index contributed by atoms with van der Waals surface area (Å²) in [5.41, 5.74) is 1.54. The number of aromatic nitrogens is 1. The molecule has 78 valence electrons. The molecule has 0 saturated carbocycles. The van der Waals surface area contributed by atoms with Crippen LogP contribution < -0.4 is 0 Å². The molecular formula is C12H18FN. The van der Waals surface area contributed by atoms with Crippen LogP contribution in [0.3, 0.4) is 0 Å². The van der Waals surface area contributed by atoms with E-state index in [2.05, 4.69) is 25.8 Å². The van der Waals surface area contributed by atoms with Crippen molar-refractivity contribution < 1.29 is 4.39 Å². The van der Waals surface area contributed by atoms with Crippen molar-refractivity contribution in [3.8, 4) is 0 Å². The number of halogens is 1. The van der Waals surface area contributed by atoms with Gasteiger partial charge in [-0.2, -0.15) is 0 Å². The van der Waals surface area contributed by atoms with Gasteiger partial charge in [-0.3, -0.25) is 4.98 Å². The standard InChI is InChI=1S/C12H18FN/c1-5-12(4,6-2)10-7-11(13)9(3)14-8-10/h7-8H,5-6H2,1-4H3. The average Bonchev–Trinajstić information content (AvgIpc) is 2.21. The highest BCUT2D eigenvalue weighted by Crippen LogP contribution is 2.30. The van der Waals surface area contributed by atoms with Gasteiger partial charge < -0.3 is 0 Å².